The number of anilines is 1. The molecule has 3 rings (SSSR count). The first kappa shape index (κ1) is 18.8. The van der Waals surface area contributed by atoms with Crippen molar-refractivity contribution in [1.82, 2.24) is 9.97 Å². The minimum atomic E-state index is -0.293. The van der Waals surface area contributed by atoms with E-state index in [9.17, 15) is 4.79 Å². The van der Waals surface area contributed by atoms with Crippen molar-refractivity contribution >= 4 is 22.4 Å². The number of benzene rings is 1. The average molecular weight is 383 g/mol. The van der Waals surface area contributed by atoms with E-state index in [1.54, 1.807) is 23.7 Å². The smallest absolute Gasteiger partial charge is 0.257 e. The summed E-state index contributed by atoms with van der Waals surface area (Å²) in [5, 5.41) is 5.09. The SMILES string of the molecule is CC(C)Oc1cc(C(=O)Nc2nccs2)cc(OC(C)c2ccccc2)n1. The number of nitrogens with zero attached hydrogens (tertiary/aromatic N) is 2. The van der Waals surface area contributed by atoms with Crippen LogP contribution in [0.4, 0.5) is 5.13 Å². The molecule has 1 N–H and O–H groups in total. The highest BCUT2D eigenvalue weighted by Gasteiger charge is 2.16. The van der Waals surface area contributed by atoms with Gasteiger partial charge in [-0.1, -0.05) is 30.3 Å². The minimum absolute atomic E-state index is 0.0748. The van der Waals surface area contributed by atoms with Crippen molar-refractivity contribution in [2.75, 3.05) is 5.32 Å². The molecule has 1 amide bonds. The van der Waals surface area contributed by atoms with Gasteiger partial charge in [0, 0.05) is 23.7 Å². The van der Waals surface area contributed by atoms with E-state index in [-0.39, 0.29) is 18.1 Å². The number of hydrogen-bond acceptors (Lipinski definition) is 6. The lowest BCUT2D eigenvalue weighted by molar-refractivity contribution is 0.102. The van der Waals surface area contributed by atoms with E-state index in [4.69, 9.17) is 9.47 Å². The quantitative estimate of drug-likeness (QED) is 0.639. The van der Waals surface area contributed by atoms with Gasteiger partial charge < -0.3 is 9.47 Å². The highest BCUT2D eigenvalue weighted by atomic mass is 32.1. The summed E-state index contributed by atoms with van der Waals surface area (Å²) in [5.74, 6) is 0.374. The lowest BCUT2D eigenvalue weighted by Gasteiger charge is -2.17. The zero-order valence-electron chi connectivity index (χ0n) is 15.4. The van der Waals surface area contributed by atoms with E-state index in [1.807, 2.05) is 51.1 Å². The highest BCUT2D eigenvalue weighted by molar-refractivity contribution is 7.13. The monoisotopic (exact) mass is 383 g/mol. The van der Waals surface area contributed by atoms with E-state index in [1.165, 1.54) is 11.3 Å². The van der Waals surface area contributed by atoms with Crippen molar-refractivity contribution in [2.24, 2.45) is 0 Å². The molecule has 0 saturated heterocycles. The summed E-state index contributed by atoms with van der Waals surface area (Å²) in [4.78, 5) is 21.0. The third kappa shape index (κ3) is 5.27. The Kier molecular flexibility index (Phi) is 6.03. The number of hydrogen-bond donors (Lipinski definition) is 1. The Hall–Kier alpha value is -2.93. The number of aromatic nitrogens is 2. The summed E-state index contributed by atoms with van der Waals surface area (Å²) < 4.78 is 11.6. The van der Waals surface area contributed by atoms with Crippen LogP contribution in [-0.4, -0.2) is 22.0 Å². The number of pyridine rings is 1. The molecule has 0 fully saturated rings. The van der Waals surface area contributed by atoms with Crippen LogP contribution in [0.25, 0.3) is 0 Å². The van der Waals surface area contributed by atoms with Crippen molar-refractivity contribution in [3.05, 3.63) is 65.2 Å². The normalized spacial score (nSPS) is 11.9. The van der Waals surface area contributed by atoms with E-state index in [0.29, 0.717) is 22.5 Å². The van der Waals surface area contributed by atoms with Gasteiger partial charge in [0.05, 0.1) is 11.7 Å². The molecule has 2 heterocycles. The van der Waals surface area contributed by atoms with Gasteiger partial charge in [0.1, 0.15) is 6.10 Å². The van der Waals surface area contributed by atoms with Crippen LogP contribution in [0, 0.1) is 0 Å². The van der Waals surface area contributed by atoms with Crippen LogP contribution >= 0.6 is 11.3 Å². The van der Waals surface area contributed by atoms with Gasteiger partial charge in [0.25, 0.3) is 5.91 Å². The number of thiazole rings is 1. The first-order valence-corrected chi connectivity index (χ1v) is 9.50. The molecular formula is C20H21N3O3S. The largest absolute Gasteiger partial charge is 0.475 e. The number of carbonyl (C=O) groups is 1. The zero-order valence-corrected chi connectivity index (χ0v) is 16.2. The number of carbonyl (C=O) groups excluding carboxylic acids is 1. The first-order valence-electron chi connectivity index (χ1n) is 8.62. The third-order valence-corrected chi connectivity index (χ3v) is 4.30. The molecule has 27 heavy (non-hydrogen) atoms. The molecule has 1 atom stereocenters. The van der Waals surface area contributed by atoms with Crippen LogP contribution in [0.1, 0.15) is 42.8 Å². The number of nitrogens with one attached hydrogen (secondary N) is 1. The van der Waals surface area contributed by atoms with Gasteiger partial charge in [0.2, 0.25) is 11.8 Å². The van der Waals surface area contributed by atoms with E-state index in [2.05, 4.69) is 15.3 Å². The van der Waals surface area contributed by atoms with Crippen molar-refractivity contribution in [3.8, 4) is 11.8 Å². The maximum absolute atomic E-state index is 12.6. The van der Waals surface area contributed by atoms with Crippen LogP contribution in [-0.2, 0) is 0 Å². The van der Waals surface area contributed by atoms with Gasteiger partial charge in [0.15, 0.2) is 5.13 Å². The Morgan fingerprint density at radius 2 is 1.78 bits per heavy atom. The highest BCUT2D eigenvalue weighted by Crippen LogP contribution is 2.25. The maximum Gasteiger partial charge on any atom is 0.257 e. The van der Waals surface area contributed by atoms with Gasteiger partial charge in [-0.25, -0.2) is 4.98 Å². The van der Waals surface area contributed by atoms with Crippen molar-refractivity contribution in [2.45, 2.75) is 33.0 Å². The lowest BCUT2D eigenvalue weighted by atomic mass is 10.1. The van der Waals surface area contributed by atoms with Gasteiger partial charge in [-0.3, -0.25) is 10.1 Å². The summed E-state index contributed by atoms with van der Waals surface area (Å²) in [6.07, 6.45) is 1.34. The van der Waals surface area contributed by atoms with Crippen molar-refractivity contribution in [3.63, 3.8) is 0 Å². The molecule has 0 radical (unpaired) electrons. The van der Waals surface area contributed by atoms with Gasteiger partial charge in [-0.15, -0.1) is 11.3 Å². The number of rotatable bonds is 7. The summed E-state index contributed by atoms with van der Waals surface area (Å²) >= 11 is 1.35. The predicted octanol–water partition coefficient (Wildman–Crippen LogP) is 4.72. The molecule has 0 aliphatic carbocycles. The molecule has 1 unspecified atom stereocenters. The average Bonchev–Trinajstić information content (AvgIpc) is 3.14. The van der Waals surface area contributed by atoms with E-state index >= 15 is 0 Å². The minimum Gasteiger partial charge on any atom is -0.475 e. The summed E-state index contributed by atoms with van der Waals surface area (Å²) in [5.41, 5.74) is 1.41. The molecule has 2 aromatic heterocycles. The third-order valence-electron chi connectivity index (χ3n) is 3.62. The molecule has 0 aliphatic heterocycles. The first-order chi connectivity index (χ1) is 13.0. The molecule has 0 aliphatic rings. The second kappa shape index (κ2) is 8.64. The van der Waals surface area contributed by atoms with Gasteiger partial charge in [-0.05, 0) is 26.3 Å². The topological polar surface area (TPSA) is 73.3 Å². The molecule has 140 valence electrons. The molecule has 0 bridgehead atoms. The second-order valence-electron chi connectivity index (χ2n) is 6.16. The van der Waals surface area contributed by atoms with Crippen LogP contribution in [0.3, 0.4) is 0 Å². The van der Waals surface area contributed by atoms with Crippen molar-refractivity contribution in [1.29, 1.82) is 0 Å². The second-order valence-corrected chi connectivity index (χ2v) is 7.06. The van der Waals surface area contributed by atoms with Crippen molar-refractivity contribution < 1.29 is 14.3 Å². The fourth-order valence-electron chi connectivity index (χ4n) is 2.40. The molecular weight excluding hydrogens is 362 g/mol. The Morgan fingerprint density at radius 1 is 1.07 bits per heavy atom. The summed E-state index contributed by atoms with van der Waals surface area (Å²) in [6.45, 7) is 5.73. The molecule has 0 spiro atoms. The fraction of sp³-hybridized carbons (Fsp3) is 0.250. The zero-order chi connectivity index (χ0) is 19.2. The summed E-state index contributed by atoms with van der Waals surface area (Å²) in [7, 11) is 0. The molecule has 7 heteroatoms. The van der Waals surface area contributed by atoms with Crippen LogP contribution < -0.4 is 14.8 Å². The fourth-order valence-corrected chi connectivity index (χ4v) is 2.93. The Morgan fingerprint density at radius 3 is 2.41 bits per heavy atom. The lowest BCUT2D eigenvalue weighted by Crippen LogP contribution is -2.14. The van der Waals surface area contributed by atoms with Crippen LogP contribution in [0.2, 0.25) is 0 Å². The van der Waals surface area contributed by atoms with Crippen LogP contribution in [0.5, 0.6) is 11.8 Å². The molecule has 3 aromatic rings. The Balaban J connectivity index is 1.84. The molecule has 0 saturated carbocycles. The van der Waals surface area contributed by atoms with E-state index < -0.39 is 0 Å². The standard InChI is InChI=1S/C20H21N3O3S/c1-13(2)25-17-11-16(19(24)23-20-21-9-10-27-20)12-18(22-17)26-14(3)15-7-5-4-6-8-15/h4-14H,1-3H3,(H,21,23,24). The maximum atomic E-state index is 12.6. The number of amides is 1. The Labute approximate surface area is 162 Å². The molecule has 6 nitrogen and oxygen atoms in total. The Bertz CT molecular complexity index is 883. The van der Waals surface area contributed by atoms with Crippen LogP contribution in [0.15, 0.2) is 54.0 Å². The van der Waals surface area contributed by atoms with Gasteiger partial charge >= 0.3 is 0 Å². The summed E-state index contributed by atoms with van der Waals surface area (Å²) in [6, 6.07) is 13.0. The number of ether oxygens (including phenoxy) is 2. The van der Waals surface area contributed by atoms with E-state index in [0.717, 1.165) is 5.56 Å². The van der Waals surface area contributed by atoms with Gasteiger partial charge in [-0.2, -0.15) is 4.98 Å². The predicted molar refractivity (Wildman–Crippen MR) is 106 cm³/mol. The molecule has 1 aromatic carbocycles.